The van der Waals surface area contributed by atoms with Gasteiger partial charge in [-0.25, -0.2) is 0 Å². The van der Waals surface area contributed by atoms with E-state index >= 15 is 0 Å². The van der Waals surface area contributed by atoms with E-state index < -0.39 is 35.0 Å². The van der Waals surface area contributed by atoms with Gasteiger partial charge in [-0.2, -0.15) is 0 Å². The molecule has 3 N–H and O–H groups in total. The fraction of sp³-hybridized carbons (Fsp3) is 0.450. The van der Waals surface area contributed by atoms with Gasteiger partial charge in [0.1, 0.15) is 17.6 Å². The standard InChI is InChI=1S/C20H21NO6/c1-21(2)16-13(23)8-11-7-10-6-9-4-3-5-12(22)14(9)17(24)15(10)18(25)20(11,27)19(16)26/h3-5,10-11,16,22,24,27H,6-8H2,1-2H3. The maximum Gasteiger partial charge on any atom is 0.202 e. The number of ketones is 3. The Morgan fingerprint density at radius 1 is 1.11 bits per heavy atom. The molecule has 3 aliphatic rings. The summed E-state index contributed by atoms with van der Waals surface area (Å²) in [5, 5.41) is 32.0. The van der Waals surface area contributed by atoms with Gasteiger partial charge in [0.15, 0.2) is 17.2 Å². The zero-order valence-electron chi connectivity index (χ0n) is 15.1. The molecule has 142 valence electrons. The van der Waals surface area contributed by atoms with E-state index in [1.807, 2.05) is 0 Å². The van der Waals surface area contributed by atoms with Crippen LogP contribution < -0.4 is 0 Å². The van der Waals surface area contributed by atoms with Crippen LogP contribution in [0.1, 0.15) is 24.0 Å². The molecule has 4 atom stereocenters. The monoisotopic (exact) mass is 371 g/mol. The van der Waals surface area contributed by atoms with Gasteiger partial charge >= 0.3 is 0 Å². The van der Waals surface area contributed by atoms with Crippen LogP contribution in [0.5, 0.6) is 5.75 Å². The van der Waals surface area contributed by atoms with Crippen LogP contribution in [0, 0.1) is 11.8 Å². The van der Waals surface area contributed by atoms with Crippen molar-refractivity contribution < 1.29 is 29.7 Å². The van der Waals surface area contributed by atoms with Gasteiger partial charge in [0.2, 0.25) is 5.78 Å². The first-order chi connectivity index (χ1) is 12.7. The lowest BCUT2D eigenvalue weighted by atomic mass is 9.57. The van der Waals surface area contributed by atoms with Gasteiger partial charge in [-0.15, -0.1) is 0 Å². The second kappa shape index (κ2) is 5.74. The zero-order chi connectivity index (χ0) is 19.7. The number of nitrogens with zero attached hydrogens (tertiary/aromatic N) is 1. The molecule has 2 saturated carbocycles. The predicted octanol–water partition coefficient (Wildman–Crippen LogP) is 0.626. The molecule has 0 amide bonds. The predicted molar refractivity (Wildman–Crippen MR) is 95.0 cm³/mol. The Kier molecular flexibility index (Phi) is 3.80. The molecule has 7 nitrogen and oxygen atoms in total. The smallest absolute Gasteiger partial charge is 0.202 e. The molecule has 0 spiro atoms. The number of aliphatic hydroxyl groups excluding tert-OH is 1. The molecule has 1 aromatic rings. The van der Waals surface area contributed by atoms with Crippen molar-refractivity contribution in [3.8, 4) is 5.75 Å². The number of fused-ring (bicyclic) bond motifs is 3. The Morgan fingerprint density at radius 2 is 1.81 bits per heavy atom. The van der Waals surface area contributed by atoms with E-state index in [1.165, 1.54) is 11.0 Å². The summed E-state index contributed by atoms with van der Waals surface area (Å²) in [6.07, 6.45) is 0.573. The zero-order valence-corrected chi connectivity index (χ0v) is 15.1. The van der Waals surface area contributed by atoms with Crippen LogP contribution >= 0.6 is 0 Å². The second-order valence-electron chi connectivity index (χ2n) is 7.90. The van der Waals surface area contributed by atoms with Gasteiger partial charge in [-0.05, 0) is 44.5 Å². The van der Waals surface area contributed by atoms with E-state index in [0.717, 1.165) is 0 Å². The van der Waals surface area contributed by atoms with Gasteiger partial charge in [-0.1, -0.05) is 12.1 Å². The van der Waals surface area contributed by atoms with Crippen LogP contribution in [-0.4, -0.2) is 63.3 Å². The average molecular weight is 371 g/mol. The molecule has 1 aromatic carbocycles. The Morgan fingerprint density at radius 3 is 2.48 bits per heavy atom. The number of carbonyl (C=O) groups is 3. The highest BCUT2D eigenvalue weighted by Crippen LogP contribution is 2.50. The highest BCUT2D eigenvalue weighted by Gasteiger charge is 2.63. The molecule has 2 fully saturated rings. The molecule has 4 unspecified atom stereocenters. The number of likely N-dealkylation sites (N-methyl/N-ethyl adjacent to an activating group) is 1. The highest BCUT2D eigenvalue weighted by atomic mass is 16.3. The van der Waals surface area contributed by atoms with Gasteiger partial charge < -0.3 is 15.3 Å². The Balaban J connectivity index is 1.86. The van der Waals surface area contributed by atoms with Crippen molar-refractivity contribution in [3.05, 3.63) is 34.9 Å². The summed E-state index contributed by atoms with van der Waals surface area (Å²) in [5.74, 6) is -3.75. The van der Waals surface area contributed by atoms with Crippen LogP contribution in [0.2, 0.25) is 0 Å². The first-order valence-corrected chi connectivity index (χ1v) is 8.92. The number of carbonyl (C=O) groups excluding carboxylic acids is 3. The van der Waals surface area contributed by atoms with Crippen molar-refractivity contribution in [2.75, 3.05) is 14.1 Å². The van der Waals surface area contributed by atoms with Crippen LogP contribution in [-0.2, 0) is 20.8 Å². The largest absolute Gasteiger partial charge is 0.507 e. The number of aliphatic hydroxyl groups is 2. The Bertz CT molecular complexity index is 917. The van der Waals surface area contributed by atoms with E-state index in [-0.39, 0.29) is 41.3 Å². The van der Waals surface area contributed by atoms with E-state index in [0.29, 0.717) is 12.0 Å². The molecular weight excluding hydrogens is 350 g/mol. The number of hydrogen-bond acceptors (Lipinski definition) is 7. The number of aromatic hydroxyl groups is 1. The summed E-state index contributed by atoms with van der Waals surface area (Å²) < 4.78 is 0. The van der Waals surface area contributed by atoms with Crippen molar-refractivity contribution >= 4 is 23.1 Å². The minimum absolute atomic E-state index is 0.0250. The summed E-state index contributed by atoms with van der Waals surface area (Å²) >= 11 is 0. The molecule has 7 heteroatoms. The maximum atomic E-state index is 13.2. The minimum Gasteiger partial charge on any atom is -0.507 e. The number of phenols is 1. The number of benzene rings is 1. The molecule has 0 heterocycles. The molecule has 0 bridgehead atoms. The molecule has 4 rings (SSSR count). The SMILES string of the molecule is CN(C)C1C(=O)CC2CC3Cc4cccc(O)c4C(O)=C3C(=O)C2(O)C1=O. The van der Waals surface area contributed by atoms with Gasteiger partial charge in [0.05, 0.1) is 5.56 Å². The number of phenolic OH excluding ortho intramolecular Hbond substituents is 1. The topological polar surface area (TPSA) is 115 Å². The van der Waals surface area contributed by atoms with Crippen molar-refractivity contribution in [3.63, 3.8) is 0 Å². The summed E-state index contributed by atoms with van der Waals surface area (Å²) in [5.41, 5.74) is -1.49. The molecule has 0 aromatic heterocycles. The van der Waals surface area contributed by atoms with Crippen molar-refractivity contribution in [2.45, 2.75) is 30.9 Å². The van der Waals surface area contributed by atoms with Gasteiger partial charge in [0, 0.05) is 17.9 Å². The average Bonchev–Trinajstić information content (AvgIpc) is 2.57. The fourth-order valence-corrected chi connectivity index (χ4v) is 4.90. The lowest BCUT2D eigenvalue weighted by Gasteiger charge is -2.47. The normalized spacial score (nSPS) is 33.0. The van der Waals surface area contributed by atoms with Gasteiger partial charge in [0.25, 0.3) is 0 Å². The minimum atomic E-state index is -2.33. The fourth-order valence-electron chi connectivity index (χ4n) is 4.90. The third-order valence-electron chi connectivity index (χ3n) is 6.14. The first-order valence-electron chi connectivity index (χ1n) is 8.92. The summed E-state index contributed by atoms with van der Waals surface area (Å²) in [4.78, 5) is 40.0. The molecule has 0 radical (unpaired) electrons. The van der Waals surface area contributed by atoms with Crippen LogP contribution in [0.4, 0.5) is 0 Å². The maximum absolute atomic E-state index is 13.2. The van der Waals surface area contributed by atoms with E-state index in [9.17, 15) is 29.7 Å². The number of rotatable bonds is 1. The molecule has 0 saturated heterocycles. The van der Waals surface area contributed by atoms with Crippen LogP contribution in [0.25, 0.3) is 5.76 Å². The highest BCUT2D eigenvalue weighted by molar-refractivity contribution is 6.27. The third-order valence-corrected chi connectivity index (χ3v) is 6.14. The molecule has 0 aliphatic heterocycles. The molecule has 27 heavy (non-hydrogen) atoms. The summed E-state index contributed by atoms with van der Waals surface area (Å²) in [6.45, 7) is 0. The first kappa shape index (κ1) is 17.9. The van der Waals surface area contributed by atoms with Crippen molar-refractivity contribution in [2.24, 2.45) is 11.8 Å². The van der Waals surface area contributed by atoms with Crippen molar-refractivity contribution in [1.82, 2.24) is 4.90 Å². The summed E-state index contributed by atoms with van der Waals surface area (Å²) in [6, 6.07) is 3.64. The van der Waals surface area contributed by atoms with Crippen LogP contribution in [0.15, 0.2) is 23.8 Å². The third kappa shape index (κ3) is 2.25. The van der Waals surface area contributed by atoms with E-state index in [1.54, 1.807) is 26.2 Å². The number of hydrogen-bond donors (Lipinski definition) is 3. The lowest BCUT2D eigenvalue weighted by Crippen LogP contribution is -2.68. The van der Waals surface area contributed by atoms with E-state index in [4.69, 9.17) is 0 Å². The lowest BCUT2D eigenvalue weighted by molar-refractivity contribution is -0.169. The van der Waals surface area contributed by atoms with Gasteiger partial charge in [-0.3, -0.25) is 19.3 Å². The molecular formula is C20H21NO6. The quantitative estimate of drug-likeness (QED) is 0.620. The molecule has 3 aliphatic carbocycles. The number of Topliss-reactive ketones (excluding diaryl/α,β-unsaturated/α-hetero) is 3. The van der Waals surface area contributed by atoms with Crippen LogP contribution in [0.3, 0.4) is 0 Å². The van der Waals surface area contributed by atoms with E-state index in [2.05, 4.69) is 0 Å². The second-order valence-corrected chi connectivity index (χ2v) is 7.90. The Labute approximate surface area is 155 Å². The Hall–Kier alpha value is -2.51. The summed E-state index contributed by atoms with van der Waals surface area (Å²) in [7, 11) is 3.10. The van der Waals surface area contributed by atoms with Crippen molar-refractivity contribution in [1.29, 1.82) is 0 Å².